The molecule has 0 radical (unpaired) electrons. The lowest BCUT2D eigenvalue weighted by Crippen LogP contribution is -2.07. The van der Waals surface area contributed by atoms with Crippen molar-refractivity contribution in [3.63, 3.8) is 0 Å². The molecule has 0 saturated heterocycles. The maximum Gasteiger partial charge on any atom is 0.0879 e. The smallest absolute Gasteiger partial charge is 0.0879 e. The van der Waals surface area contributed by atoms with E-state index >= 15 is 0 Å². The van der Waals surface area contributed by atoms with Crippen molar-refractivity contribution in [1.82, 2.24) is 0 Å². The lowest BCUT2D eigenvalue weighted by atomic mass is 10.2. The fraction of sp³-hybridized carbons (Fsp3) is 0.200. The van der Waals surface area contributed by atoms with Crippen LogP contribution in [0.4, 0.5) is 0 Å². The fourth-order valence-electron chi connectivity index (χ4n) is 0.786. The van der Waals surface area contributed by atoms with Crippen molar-refractivity contribution in [1.29, 1.82) is 0 Å². The highest BCUT2D eigenvalue weighted by atomic mass is 14.8. The number of aliphatic imine (C=N–C) groups is 2. The first-order valence-corrected chi connectivity index (χ1v) is 5.59. The minimum Gasteiger partial charge on any atom is -0.255 e. The van der Waals surface area contributed by atoms with Gasteiger partial charge in [0.15, 0.2) is 0 Å². The monoisotopic (exact) mass is 230 g/mol. The highest BCUT2D eigenvalue weighted by molar-refractivity contribution is 6.50. The molecule has 0 aliphatic heterocycles. The molecule has 0 unspecified atom stereocenters. The van der Waals surface area contributed by atoms with Crippen molar-refractivity contribution in [2.75, 3.05) is 0 Å². The predicted molar refractivity (Wildman–Crippen MR) is 80.8 cm³/mol. The van der Waals surface area contributed by atoms with Crippen LogP contribution in [0.2, 0.25) is 0 Å². The molecule has 0 rings (SSSR count). The van der Waals surface area contributed by atoms with Gasteiger partial charge in [-0.1, -0.05) is 45.7 Å². The lowest BCUT2D eigenvalue weighted by molar-refractivity contribution is 1.50. The predicted octanol–water partition coefficient (Wildman–Crippen LogP) is 4.50. The molecular weight excluding hydrogens is 208 g/mol. The molecule has 0 spiro atoms. The Kier molecular flexibility index (Phi) is 14.4. The van der Waals surface area contributed by atoms with Gasteiger partial charge in [-0.15, -0.1) is 0 Å². The number of hydrogen-bond donors (Lipinski definition) is 0. The summed E-state index contributed by atoms with van der Waals surface area (Å²) in [6.07, 6.45) is 11.8. The van der Waals surface area contributed by atoms with Crippen LogP contribution in [0.5, 0.6) is 0 Å². The van der Waals surface area contributed by atoms with E-state index in [2.05, 4.69) is 29.7 Å². The van der Waals surface area contributed by atoms with E-state index in [1.165, 1.54) is 0 Å². The van der Waals surface area contributed by atoms with Gasteiger partial charge < -0.3 is 0 Å². The van der Waals surface area contributed by atoms with E-state index in [0.717, 1.165) is 0 Å². The normalized spacial score (nSPS) is 12.2. The van der Waals surface area contributed by atoms with Gasteiger partial charge in [0.2, 0.25) is 0 Å². The van der Waals surface area contributed by atoms with E-state index in [0.29, 0.717) is 11.4 Å². The highest BCUT2D eigenvalue weighted by Crippen LogP contribution is 1.92. The maximum absolute atomic E-state index is 4.17. The second-order valence-electron chi connectivity index (χ2n) is 2.50. The Morgan fingerprint density at radius 2 is 1.35 bits per heavy atom. The van der Waals surface area contributed by atoms with Crippen molar-refractivity contribution < 1.29 is 0 Å². The zero-order valence-corrected chi connectivity index (χ0v) is 11.1. The molecule has 0 amide bonds. The summed E-state index contributed by atoms with van der Waals surface area (Å²) in [4.78, 5) is 8.33. The molecule has 0 aliphatic rings. The van der Waals surface area contributed by atoms with Crippen LogP contribution in [0.3, 0.4) is 0 Å². The topological polar surface area (TPSA) is 24.7 Å². The van der Waals surface area contributed by atoms with Gasteiger partial charge in [-0.3, -0.25) is 9.98 Å². The third-order valence-corrected chi connectivity index (χ3v) is 1.45. The third-order valence-electron chi connectivity index (χ3n) is 1.45. The molecular formula is C15H22N2. The molecule has 17 heavy (non-hydrogen) atoms. The summed E-state index contributed by atoms with van der Waals surface area (Å²) in [6, 6.07) is 0. The number of nitrogens with zero attached hydrogens (tertiary/aromatic N) is 2. The standard InChI is InChI=1S/C13H16N2.C2H6/c1-5-9-11-15-13(8-4)12(7-3)14-10-6-2;1-2/h5-11H,1,3-4H2,2H3;1-2H3/b10-6-,11-9-,14-12?,15-13?;. The molecule has 0 atom stereocenters. The molecule has 0 heterocycles. The quantitative estimate of drug-likeness (QED) is 0.474. The molecule has 0 aromatic heterocycles. The molecule has 0 aromatic rings. The van der Waals surface area contributed by atoms with Crippen molar-refractivity contribution in [2.24, 2.45) is 9.98 Å². The number of hydrogen-bond acceptors (Lipinski definition) is 2. The molecule has 2 heteroatoms. The van der Waals surface area contributed by atoms with Crippen molar-refractivity contribution in [2.45, 2.75) is 20.8 Å². The van der Waals surface area contributed by atoms with E-state index in [-0.39, 0.29) is 0 Å². The van der Waals surface area contributed by atoms with E-state index in [9.17, 15) is 0 Å². The summed E-state index contributed by atoms with van der Waals surface area (Å²) in [5.74, 6) is 0. The Labute approximate surface area is 105 Å². The first-order chi connectivity index (χ1) is 8.29. The minimum atomic E-state index is 0.682. The van der Waals surface area contributed by atoms with Crippen LogP contribution in [-0.4, -0.2) is 11.4 Å². The van der Waals surface area contributed by atoms with Gasteiger partial charge in [-0.25, -0.2) is 0 Å². The average molecular weight is 230 g/mol. The maximum atomic E-state index is 4.17. The van der Waals surface area contributed by atoms with Crippen LogP contribution >= 0.6 is 0 Å². The molecule has 0 bridgehead atoms. The minimum absolute atomic E-state index is 0.682. The Morgan fingerprint density at radius 3 is 1.71 bits per heavy atom. The second-order valence-corrected chi connectivity index (χ2v) is 2.50. The second kappa shape index (κ2) is 14.0. The van der Waals surface area contributed by atoms with Crippen LogP contribution in [0.25, 0.3) is 0 Å². The Bertz CT molecular complexity index is 342. The number of allylic oxidation sites excluding steroid dienone is 5. The van der Waals surface area contributed by atoms with Gasteiger partial charge in [0.25, 0.3) is 0 Å². The van der Waals surface area contributed by atoms with E-state index in [1.807, 2.05) is 26.8 Å². The number of rotatable bonds is 6. The summed E-state index contributed by atoms with van der Waals surface area (Å²) in [7, 11) is 0. The summed E-state index contributed by atoms with van der Waals surface area (Å²) >= 11 is 0. The molecule has 0 N–H and O–H groups in total. The van der Waals surface area contributed by atoms with E-state index < -0.39 is 0 Å². The van der Waals surface area contributed by atoms with Gasteiger partial charge in [0.1, 0.15) is 0 Å². The molecule has 0 saturated carbocycles. The SMILES string of the molecule is C=C/C=C\N=C(C=C)C(C=C)=N/C=C\C.CC. The average Bonchev–Trinajstić information content (AvgIpc) is 2.39. The van der Waals surface area contributed by atoms with Crippen molar-refractivity contribution in [3.8, 4) is 0 Å². The van der Waals surface area contributed by atoms with Crippen LogP contribution in [0, 0.1) is 0 Å². The van der Waals surface area contributed by atoms with E-state index in [4.69, 9.17) is 0 Å². The van der Waals surface area contributed by atoms with Crippen LogP contribution in [0.1, 0.15) is 20.8 Å². The van der Waals surface area contributed by atoms with Gasteiger partial charge in [-0.2, -0.15) is 0 Å². The van der Waals surface area contributed by atoms with Gasteiger partial charge in [0.05, 0.1) is 11.4 Å². The largest absolute Gasteiger partial charge is 0.255 e. The van der Waals surface area contributed by atoms with Crippen LogP contribution < -0.4 is 0 Å². The first kappa shape index (κ1) is 17.4. The molecule has 0 aromatic carbocycles. The molecule has 2 nitrogen and oxygen atoms in total. The molecule has 0 fully saturated rings. The zero-order valence-electron chi connectivity index (χ0n) is 11.1. The summed E-state index contributed by atoms with van der Waals surface area (Å²) in [5.41, 5.74) is 1.37. The summed E-state index contributed by atoms with van der Waals surface area (Å²) < 4.78 is 0. The van der Waals surface area contributed by atoms with Gasteiger partial charge >= 0.3 is 0 Å². The van der Waals surface area contributed by atoms with Gasteiger partial charge in [-0.05, 0) is 25.2 Å². The molecule has 92 valence electrons. The fourth-order valence-corrected chi connectivity index (χ4v) is 0.786. The zero-order chi connectivity index (χ0) is 13.5. The highest BCUT2D eigenvalue weighted by Gasteiger charge is 1.97. The first-order valence-electron chi connectivity index (χ1n) is 5.59. The summed E-state index contributed by atoms with van der Waals surface area (Å²) in [6.45, 7) is 16.8. The van der Waals surface area contributed by atoms with E-state index in [1.54, 1.807) is 36.7 Å². The summed E-state index contributed by atoms with van der Waals surface area (Å²) in [5, 5.41) is 0. The molecule has 0 aliphatic carbocycles. The van der Waals surface area contributed by atoms with Crippen LogP contribution in [0.15, 0.2) is 72.5 Å². The van der Waals surface area contributed by atoms with Crippen molar-refractivity contribution in [3.05, 3.63) is 62.5 Å². The van der Waals surface area contributed by atoms with Gasteiger partial charge in [0, 0.05) is 12.4 Å². The Hall–Kier alpha value is -1.96. The van der Waals surface area contributed by atoms with Crippen molar-refractivity contribution >= 4 is 11.4 Å². The third kappa shape index (κ3) is 9.00. The Morgan fingerprint density at radius 1 is 0.882 bits per heavy atom. The Balaban J connectivity index is 0. The lowest BCUT2D eigenvalue weighted by Gasteiger charge is -1.97. The van der Waals surface area contributed by atoms with Crippen LogP contribution in [-0.2, 0) is 0 Å².